The molecule has 36 heavy (non-hydrogen) atoms. The average molecular weight is 520 g/mol. The molecule has 0 unspecified atom stereocenters. The van der Waals surface area contributed by atoms with Crippen LogP contribution in [0.15, 0.2) is 60.7 Å². The van der Waals surface area contributed by atoms with Gasteiger partial charge in [0, 0.05) is 11.4 Å². The highest BCUT2D eigenvalue weighted by Crippen LogP contribution is 2.34. The molecule has 3 rings (SSSR count). The number of carbonyl (C=O) groups is 2. The number of hydrogen-bond donors (Lipinski definition) is 1. The molecule has 0 saturated carbocycles. The second-order valence-corrected chi connectivity index (χ2v) is 9.73. The molecule has 192 valence electrons. The number of thiophene rings is 1. The minimum Gasteiger partial charge on any atom is -0.485 e. The Morgan fingerprint density at radius 1 is 0.944 bits per heavy atom. The van der Waals surface area contributed by atoms with Crippen molar-refractivity contribution in [3.8, 4) is 16.9 Å². The lowest BCUT2D eigenvalue weighted by molar-refractivity contribution is -0.140. The second-order valence-electron chi connectivity index (χ2n) is 8.62. The zero-order valence-electron chi connectivity index (χ0n) is 20.2. The molecule has 0 aliphatic rings. The van der Waals surface area contributed by atoms with E-state index in [1.807, 2.05) is 6.07 Å². The molecule has 0 saturated heterocycles. The van der Waals surface area contributed by atoms with E-state index in [-0.39, 0.29) is 25.0 Å². The summed E-state index contributed by atoms with van der Waals surface area (Å²) in [7, 11) is 1.30. The average Bonchev–Trinajstić information content (AvgIpc) is 3.34. The summed E-state index contributed by atoms with van der Waals surface area (Å²) >= 11 is 1.33. The second kappa shape index (κ2) is 12.1. The number of ether oxygens (including phenoxy) is 2. The number of hydrogen-bond acceptors (Lipinski definition) is 5. The zero-order valence-corrected chi connectivity index (χ0v) is 21.0. The van der Waals surface area contributed by atoms with Crippen molar-refractivity contribution in [2.24, 2.45) is 5.92 Å². The smallest absolute Gasteiger partial charge is 0.416 e. The molecule has 1 atom stereocenters. The van der Waals surface area contributed by atoms with Gasteiger partial charge in [-0.05, 0) is 59.9 Å². The molecular formula is C27H28F3NO4S. The minimum absolute atomic E-state index is 0.0992. The van der Waals surface area contributed by atoms with Gasteiger partial charge < -0.3 is 14.8 Å². The molecule has 3 aromatic rings. The van der Waals surface area contributed by atoms with Gasteiger partial charge >= 0.3 is 12.1 Å². The number of rotatable bonds is 10. The van der Waals surface area contributed by atoms with E-state index in [4.69, 9.17) is 4.74 Å². The van der Waals surface area contributed by atoms with Crippen molar-refractivity contribution in [2.45, 2.75) is 39.0 Å². The number of nitrogens with one attached hydrogen (secondary N) is 1. The summed E-state index contributed by atoms with van der Waals surface area (Å²) in [6.07, 6.45) is -3.82. The zero-order chi connectivity index (χ0) is 26.3. The molecule has 0 spiro atoms. The van der Waals surface area contributed by atoms with Crippen molar-refractivity contribution < 1.29 is 32.2 Å². The third kappa shape index (κ3) is 7.58. The minimum atomic E-state index is -4.37. The lowest BCUT2D eigenvalue weighted by Gasteiger charge is -2.20. The fourth-order valence-corrected chi connectivity index (χ4v) is 4.47. The highest BCUT2D eigenvalue weighted by molar-refractivity contribution is 7.14. The van der Waals surface area contributed by atoms with E-state index < -0.39 is 17.7 Å². The van der Waals surface area contributed by atoms with Crippen LogP contribution in [0.1, 0.15) is 52.9 Å². The number of halogens is 3. The molecule has 0 aliphatic heterocycles. The first-order valence-electron chi connectivity index (χ1n) is 11.5. The summed E-state index contributed by atoms with van der Waals surface area (Å²) in [5.74, 6) is 0.297. The topological polar surface area (TPSA) is 64.6 Å². The Bertz CT molecular complexity index is 1160. The maximum absolute atomic E-state index is 12.8. The van der Waals surface area contributed by atoms with Gasteiger partial charge in [-0.3, -0.25) is 9.59 Å². The molecule has 0 bridgehead atoms. The van der Waals surface area contributed by atoms with Crippen molar-refractivity contribution in [3.05, 3.63) is 76.0 Å². The van der Waals surface area contributed by atoms with Crippen molar-refractivity contribution in [1.29, 1.82) is 0 Å². The Balaban J connectivity index is 1.69. The summed E-state index contributed by atoms with van der Waals surface area (Å²) in [6.45, 7) is 4.35. The Labute approximate surface area is 212 Å². The van der Waals surface area contributed by atoms with Crippen LogP contribution >= 0.6 is 11.3 Å². The molecule has 0 radical (unpaired) electrons. The van der Waals surface area contributed by atoms with Crippen LogP contribution in [0, 0.1) is 5.92 Å². The van der Waals surface area contributed by atoms with Crippen LogP contribution in [-0.2, 0) is 15.7 Å². The molecule has 1 heterocycles. The largest absolute Gasteiger partial charge is 0.485 e. The van der Waals surface area contributed by atoms with Crippen LogP contribution in [0.2, 0.25) is 0 Å². The van der Waals surface area contributed by atoms with Gasteiger partial charge in [-0.2, -0.15) is 13.2 Å². The summed E-state index contributed by atoms with van der Waals surface area (Å²) in [5.41, 5.74) is 0.767. The van der Waals surface area contributed by atoms with Crippen LogP contribution < -0.4 is 10.1 Å². The lowest BCUT2D eigenvalue weighted by Crippen LogP contribution is -2.25. The number of benzene rings is 2. The third-order valence-corrected chi connectivity index (χ3v) is 6.55. The van der Waals surface area contributed by atoms with Crippen LogP contribution in [0.4, 0.5) is 13.2 Å². The predicted octanol–water partition coefficient (Wildman–Crippen LogP) is 6.89. The van der Waals surface area contributed by atoms with E-state index >= 15 is 0 Å². The van der Waals surface area contributed by atoms with Crippen LogP contribution in [0.3, 0.4) is 0 Å². The van der Waals surface area contributed by atoms with Gasteiger partial charge in [-0.15, -0.1) is 11.3 Å². The van der Waals surface area contributed by atoms with Crippen molar-refractivity contribution in [1.82, 2.24) is 5.32 Å². The normalized spacial score (nSPS) is 12.3. The van der Waals surface area contributed by atoms with Crippen molar-refractivity contribution >= 4 is 23.2 Å². The lowest BCUT2D eigenvalue weighted by atomic mass is 10.0. The van der Waals surface area contributed by atoms with Gasteiger partial charge in [0.2, 0.25) is 0 Å². The standard InChI is InChI=1S/C27H28F3NO4S/c1-17(2)16-22(23-12-13-24(36-23)26(33)31-15-14-25(32)34-3)35-21-10-6-19(7-11-21)18-4-8-20(9-5-18)27(28,29)30/h4-13,17,22H,14-16H2,1-3H3,(H,31,33)/t22-/m1/s1. The van der Waals surface area contributed by atoms with Gasteiger partial charge in [-0.25, -0.2) is 0 Å². The van der Waals surface area contributed by atoms with Crippen molar-refractivity contribution in [2.75, 3.05) is 13.7 Å². The molecular weight excluding hydrogens is 491 g/mol. The highest BCUT2D eigenvalue weighted by atomic mass is 32.1. The molecule has 9 heteroatoms. The van der Waals surface area contributed by atoms with E-state index in [2.05, 4.69) is 23.9 Å². The summed E-state index contributed by atoms with van der Waals surface area (Å²) in [5, 5.41) is 2.71. The van der Waals surface area contributed by atoms with Gasteiger partial charge in [0.15, 0.2) is 0 Å². The maximum Gasteiger partial charge on any atom is 0.416 e. The monoisotopic (exact) mass is 519 g/mol. The molecule has 1 N–H and O–H groups in total. The van der Waals surface area contributed by atoms with Crippen molar-refractivity contribution in [3.63, 3.8) is 0 Å². The molecule has 0 aliphatic carbocycles. The summed E-state index contributed by atoms with van der Waals surface area (Å²) < 4.78 is 49.3. The molecule has 1 aromatic heterocycles. The third-order valence-electron chi connectivity index (χ3n) is 5.37. The number of amides is 1. The molecule has 2 aromatic carbocycles. The van der Waals surface area contributed by atoms with E-state index in [9.17, 15) is 22.8 Å². The molecule has 5 nitrogen and oxygen atoms in total. The first-order chi connectivity index (χ1) is 17.1. The Morgan fingerprint density at radius 2 is 1.56 bits per heavy atom. The van der Waals surface area contributed by atoms with Gasteiger partial charge in [0.1, 0.15) is 11.9 Å². The van der Waals surface area contributed by atoms with Gasteiger partial charge in [0.05, 0.1) is 24.0 Å². The predicted molar refractivity (Wildman–Crippen MR) is 133 cm³/mol. The summed E-state index contributed by atoms with van der Waals surface area (Å²) in [4.78, 5) is 25.1. The first-order valence-corrected chi connectivity index (χ1v) is 12.3. The number of esters is 1. The molecule has 1 amide bonds. The Hall–Kier alpha value is -3.33. The van der Waals surface area contributed by atoms with E-state index in [0.29, 0.717) is 22.1 Å². The number of alkyl halides is 3. The SMILES string of the molecule is COC(=O)CCNC(=O)c1ccc([C@@H](CC(C)C)Oc2ccc(-c3ccc(C(F)(F)F)cc3)cc2)s1. The first kappa shape index (κ1) is 27.3. The Kier molecular flexibility index (Phi) is 9.14. The fourth-order valence-electron chi connectivity index (χ4n) is 3.51. The number of carbonyl (C=O) groups excluding carboxylic acids is 2. The van der Waals surface area contributed by atoms with Crippen LogP contribution in [0.5, 0.6) is 5.75 Å². The van der Waals surface area contributed by atoms with E-state index in [1.165, 1.54) is 30.6 Å². The van der Waals surface area contributed by atoms with Gasteiger partial charge in [0.25, 0.3) is 5.91 Å². The highest BCUT2D eigenvalue weighted by Gasteiger charge is 2.30. The van der Waals surface area contributed by atoms with Crippen LogP contribution in [-0.4, -0.2) is 25.5 Å². The Morgan fingerprint density at radius 3 is 2.11 bits per heavy atom. The van der Waals surface area contributed by atoms with Crippen LogP contribution in [0.25, 0.3) is 11.1 Å². The van der Waals surface area contributed by atoms with E-state index in [0.717, 1.165) is 29.0 Å². The fraction of sp³-hybridized carbons (Fsp3) is 0.333. The summed E-state index contributed by atoms with van der Waals surface area (Å²) in [6, 6.07) is 15.8. The number of methoxy groups -OCH3 is 1. The maximum atomic E-state index is 12.8. The quantitative estimate of drug-likeness (QED) is 0.296. The van der Waals surface area contributed by atoms with Gasteiger partial charge in [-0.1, -0.05) is 38.1 Å². The molecule has 0 fully saturated rings. The van der Waals surface area contributed by atoms with E-state index in [1.54, 1.807) is 30.3 Å².